The van der Waals surface area contributed by atoms with Crippen molar-refractivity contribution in [3.63, 3.8) is 0 Å². The van der Waals surface area contributed by atoms with Gasteiger partial charge in [0.25, 0.3) is 0 Å². The van der Waals surface area contributed by atoms with E-state index in [1.807, 2.05) is 53.1 Å². The van der Waals surface area contributed by atoms with Crippen LogP contribution >= 0.6 is 0 Å². The van der Waals surface area contributed by atoms with E-state index in [2.05, 4.69) is 10.3 Å². The van der Waals surface area contributed by atoms with Crippen LogP contribution in [0.15, 0.2) is 54.9 Å². The average Bonchev–Trinajstić information content (AvgIpc) is 2.97. The molecule has 112 valence electrons. The summed E-state index contributed by atoms with van der Waals surface area (Å²) in [6, 6.07) is 15.5. The second-order valence-corrected chi connectivity index (χ2v) is 5.09. The van der Waals surface area contributed by atoms with Crippen LogP contribution in [0.2, 0.25) is 0 Å². The van der Waals surface area contributed by atoms with Gasteiger partial charge in [0, 0.05) is 25.2 Å². The van der Waals surface area contributed by atoms with E-state index in [9.17, 15) is 4.79 Å². The lowest BCUT2D eigenvalue weighted by atomic mass is 10.2. The van der Waals surface area contributed by atoms with Crippen molar-refractivity contribution < 1.29 is 4.79 Å². The zero-order chi connectivity index (χ0) is 15.4. The van der Waals surface area contributed by atoms with E-state index in [0.717, 1.165) is 22.3 Å². The van der Waals surface area contributed by atoms with Crippen LogP contribution in [0.25, 0.3) is 11.0 Å². The van der Waals surface area contributed by atoms with Crippen molar-refractivity contribution in [2.45, 2.75) is 19.5 Å². The predicted octanol–water partition coefficient (Wildman–Crippen LogP) is 2.52. The van der Waals surface area contributed by atoms with Crippen LogP contribution in [0.4, 0.5) is 5.69 Å². The van der Waals surface area contributed by atoms with Crippen molar-refractivity contribution in [1.82, 2.24) is 9.55 Å². The summed E-state index contributed by atoms with van der Waals surface area (Å²) in [6.07, 6.45) is 2.16. The molecule has 0 spiro atoms. The standard InChI is InChI=1S/C17H18N4O/c18-11-13-5-1-2-6-14(13)20-17(22)9-10-21-12-19-15-7-3-4-8-16(15)21/h1-8,12H,9-11,18H2,(H,20,22). The van der Waals surface area contributed by atoms with Crippen LogP contribution in [0.5, 0.6) is 0 Å². The molecule has 0 bridgehead atoms. The Bertz CT molecular complexity index is 794. The van der Waals surface area contributed by atoms with Gasteiger partial charge < -0.3 is 15.6 Å². The number of hydrogen-bond acceptors (Lipinski definition) is 3. The van der Waals surface area contributed by atoms with Gasteiger partial charge >= 0.3 is 0 Å². The quantitative estimate of drug-likeness (QED) is 0.759. The minimum absolute atomic E-state index is 0.0290. The molecule has 0 aliphatic rings. The number of aromatic nitrogens is 2. The molecule has 0 aliphatic heterocycles. The summed E-state index contributed by atoms with van der Waals surface area (Å²) >= 11 is 0. The predicted molar refractivity (Wildman–Crippen MR) is 87.3 cm³/mol. The number of amides is 1. The normalized spacial score (nSPS) is 10.8. The van der Waals surface area contributed by atoms with Crippen molar-refractivity contribution in [2.24, 2.45) is 5.73 Å². The summed E-state index contributed by atoms with van der Waals surface area (Å²) in [5.74, 6) is -0.0290. The molecule has 0 unspecified atom stereocenters. The number of nitrogens with zero attached hydrogens (tertiary/aromatic N) is 2. The molecule has 0 saturated carbocycles. The van der Waals surface area contributed by atoms with E-state index < -0.39 is 0 Å². The van der Waals surface area contributed by atoms with E-state index in [-0.39, 0.29) is 5.91 Å². The van der Waals surface area contributed by atoms with Crippen molar-refractivity contribution in [2.75, 3.05) is 5.32 Å². The first-order chi connectivity index (χ1) is 10.8. The van der Waals surface area contributed by atoms with Gasteiger partial charge in [0.15, 0.2) is 0 Å². The topological polar surface area (TPSA) is 72.9 Å². The van der Waals surface area contributed by atoms with E-state index in [1.165, 1.54) is 0 Å². The van der Waals surface area contributed by atoms with Gasteiger partial charge in [0.1, 0.15) is 0 Å². The fraction of sp³-hybridized carbons (Fsp3) is 0.176. The molecule has 0 saturated heterocycles. The van der Waals surface area contributed by atoms with Gasteiger partial charge in [-0.2, -0.15) is 0 Å². The summed E-state index contributed by atoms with van der Waals surface area (Å²) in [4.78, 5) is 16.4. The Morgan fingerprint density at radius 2 is 1.91 bits per heavy atom. The number of fused-ring (bicyclic) bond motifs is 1. The largest absolute Gasteiger partial charge is 0.330 e. The Morgan fingerprint density at radius 3 is 2.77 bits per heavy atom. The molecular weight excluding hydrogens is 276 g/mol. The molecule has 0 radical (unpaired) electrons. The van der Waals surface area contributed by atoms with Gasteiger partial charge in [-0.05, 0) is 23.8 Å². The zero-order valence-corrected chi connectivity index (χ0v) is 12.2. The molecule has 3 N–H and O–H groups in total. The molecule has 5 nitrogen and oxygen atoms in total. The van der Waals surface area contributed by atoms with Crippen molar-refractivity contribution >= 4 is 22.6 Å². The first kappa shape index (κ1) is 14.3. The number of nitrogens with one attached hydrogen (secondary N) is 1. The number of imidazole rings is 1. The van der Waals surface area contributed by atoms with E-state index in [0.29, 0.717) is 19.5 Å². The molecule has 0 atom stereocenters. The van der Waals surface area contributed by atoms with Gasteiger partial charge in [-0.25, -0.2) is 4.98 Å². The maximum absolute atomic E-state index is 12.1. The van der Waals surface area contributed by atoms with Crippen LogP contribution in [-0.4, -0.2) is 15.5 Å². The molecule has 1 amide bonds. The summed E-state index contributed by atoms with van der Waals surface area (Å²) < 4.78 is 1.99. The minimum Gasteiger partial charge on any atom is -0.330 e. The van der Waals surface area contributed by atoms with Crippen molar-refractivity contribution in [1.29, 1.82) is 0 Å². The van der Waals surface area contributed by atoms with E-state index in [1.54, 1.807) is 6.33 Å². The number of nitrogens with two attached hydrogens (primary N) is 1. The minimum atomic E-state index is -0.0290. The maximum Gasteiger partial charge on any atom is 0.226 e. The molecule has 0 fully saturated rings. The van der Waals surface area contributed by atoms with Gasteiger partial charge in [-0.15, -0.1) is 0 Å². The Labute approximate surface area is 128 Å². The van der Waals surface area contributed by atoms with E-state index >= 15 is 0 Å². The molecule has 1 aromatic heterocycles. The van der Waals surface area contributed by atoms with Crippen molar-refractivity contribution in [3.8, 4) is 0 Å². The van der Waals surface area contributed by atoms with Crippen LogP contribution in [0, 0.1) is 0 Å². The monoisotopic (exact) mass is 294 g/mol. The number of anilines is 1. The van der Waals surface area contributed by atoms with E-state index in [4.69, 9.17) is 5.73 Å². The lowest BCUT2D eigenvalue weighted by molar-refractivity contribution is -0.116. The third-order valence-corrected chi connectivity index (χ3v) is 3.62. The molecule has 2 aromatic carbocycles. The Balaban J connectivity index is 1.65. The SMILES string of the molecule is NCc1ccccc1NC(=O)CCn1cnc2ccccc21. The first-order valence-electron chi connectivity index (χ1n) is 7.25. The molecule has 1 heterocycles. The molecule has 22 heavy (non-hydrogen) atoms. The summed E-state index contributed by atoms with van der Waals surface area (Å²) in [6.45, 7) is 1.000. The lowest BCUT2D eigenvalue weighted by Crippen LogP contribution is -2.16. The number of para-hydroxylation sites is 3. The Morgan fingerprint density at radius 1 is 1.14 bits per heavy atom. The fourth-order valence-corrected chi connectivity index (χ4v) is 2.44. The number of carbonyl (C=O) groups excluding carboxylic acids is 1. The number of aryl methyl sites for hydroxylation is 1. The second-order valence-electron chi connectivity index (χ2n) is 5.09. The molecule has 5 heteroatoms. The molecule has 3 aromatic rings. The number of hydrogen-bond donors (Lipinski definition) is 2. The zero-order valence-electron chi connectivity index (χ0n) is 12.2. The van der Waals surface area contributed by atoms with Gasteiger partial charge in [0.05, 0.1) is 17.4 Å². The Hall–Kier alpha value is -2.66. The van der Waals surface area contributed by atoms with Gasteiger partial charge in [-0.3, -0.25) is 4.79 Å². The van der Waals surface area contributed by atoms with Gasteiger partial charge in [0.2, 0.25) is 5.91 Å². The van der Waals surface area contributed by atoms with Crippen molar-refractivity contribution in [3.05, 3.63) is 60.4 Å². The summed E-state index contributed by atoms with van der Waals surface area (Å²) in [5, 5.41) is 2.92. The van der Waals surface area contributed by atoms with Crippen LogP contribution < -0.4 is 11.1 Å². The number of rotatable bonds is 5. The third-order valence-electron chi connectivity index (χ3n) is 3.62. The highest BCUT2D eigenvalue weighted by Gasteiger charge is 2.07. The smallest absolute Gasteiger partial charge is 0.226 e. The molecule has 0 aliphatic carbocycles. The second kappa shape index (κ2) is 6.41. The fourth-order valence-electron chi connectivity index (χ4n) is 2.44. The highest BCUT2D eigenvalue weighted by atomic mass is 16.1. The summed E-state index contributed by atoms with van der Waals surface area (Å²) in [7, 11) is 0. The molecular formula is C17H18N4O. The highest BCUT2D eigenvalue weighted by Crippen LogP contribution is 2.15. The van der Waals surface area contributed by atoms with Crippen LogP contribution in [-0.2, 0) is 17.9 Å². The number of carbonyl (C=O) groups is 1. The number of benzene rings is 2. The maximum atomic E-state index is 12.1. The van der Waals surface area contributed by atoms with Crippen LogP contribution in [0.1, 0.15) is 12.0 Å². The Kier molecular flexibility index (Phi) is 4.16. The average molecular weight is 294 g/mol. The first-order valence-corrected chi connectivity index (χ1v) is 7.25. The molecule has 3 rings (SSSR count). The third kappa shape index (κ3) is 2.99. The van der Waals surface area contributed by atoms with Gasteiger partial charge in [-0.1, -0.05) is 30.3 Å². The highest BCUT2D eigenvalue weighted by molar-refractivity contribution is 5.91. The summed E-state index contributed by atoms with van der Waals surface area (Å²) in [5.41, 5.74) is 9.37. The van der Waals surface area contributed by atoms with Crippen LogP contribution in [0.3, 0.4) is 0 Å². The lowest BCUT2D eigenvalue weighted by Gasteiger charge is -2.10.